The lowest BCUT2D eigenvalue weighted by molar-refractivity contribution is 0.429. The Balaban J connectivity index is 2.55. The number of thiocarbonyl (C=S) groups is 1. The summed E-state index contributed by atoms with van der Waals surface area (Å²) in [4.78, 5) is 0. The van der Waals surface area contributed by atoms with Gasteiger partial charge in [-0.25, -0.2) is 5.84 Å². The van der Waals surface area contributed by atoms with E-state index in [-0.39, 0.29) is 0 Å². The summed E-state index contributed by atoms with van der Waals surface area (Å²) in [6, 6.07) is 9.95. The molecule has 0 bridgehead atoms. The first-order valence-electron chi connectivity index (χ1n) is 4.02. The van der Waals surface area contributed by atoms with Gasteiger partial charge in [0.05, 0.1) is 6.54 Å². The van der Waals surface area contributed by atoms with E-state index in [1.54, 1.807) is 7.05 Å². The Morgan fingerprint density at radius 2 is 2.08 bits per heavy atom. The minimum absolute atomic E-state index is 0.545. The quantitative estimate of drug-likeness (QED) is 0.417. The van der Waals surface area contributed by atoms with Gasteiger partial charge in [-0.2, -0.15) is 0 Å². The number of nitrogens with zero attached hydrogens (tertiary/aromatic N) is 1. The molecule has 0 aliphatic rings. The molecule has 0 saturated heterocycles. The van der Waals surface area contributed by atoms with Crippen molar-refractivity contribution in [3.8, 4) is 0 Å². The van der Waals surface area contributed by atoms with Crippen molar-refractivity contribution in [3.63, 3.8) is 0 Å². The highest BCUT2D eigenvalue weighted by Crippen LogP contribution is 2.00. The predicted molar refractivity (Wildman–Crippen MR) is 57.8 cm³/mol. The fraction of sp³-hybridized carbons (Fsp3) is 0.222. The van der Waals surface area contributed by atoms with Gasteiger partial charge in [-0.05, 0) is 17.8 Å². The highest BCUT2D eigenvalue weighted by Gasteiger charge is 2.02. The Morgan fingerprint density at radius 1 is 1.46 bits per heavy atom. The summed E-state index contributed by atoms with van der Waals surface area (Å²) < 4.78 is 0. The Hall–Kier alpha value is -1.13. The number of benzene rings is 1. The molecule has 0 aliphatic carbocycles. The maximum atomic E-state index is 5.69. The van der Waals surface area contributed by atoms with Crippen LogP contribution in [-0.4, -0.2) is 17.2 Å². The molecule has 70 valence electrons. The number of hydrogen-bond acceptors (Lipinski definition) is 2. The van der Waals surface area contributed by atoms with E-state index in [9.17, 15) is 0 Å². The van der Waals surface area contributed by atoms with Crippen molar-refractivity contribution in [2.45, 2.75) is 6.54 Å². The fourth-order valence-corrected chi connectivity index (χ4v) is 1.06. The molecule has 0 heterocycles. The second-order valence-electron chi connectivity index (χ2n) is 2.67. The van der Waals surface area contributed by atoms with Crippen LogP contribution in [0.5, 0.6) is 0 Å². The van der Waals surface area contributed by atoms with Crippen molar-refractivity contribution >= 4 is 17.3 Å². The summed E-state index contributed by atoms with van der Waals surface area (Å²) >= 11 is 4.97. The van der Waals surface area contributed by atoms with Gasteiger partial charge < -0.3 is 5.32 Å². The van der Waals surface area contributed by atoms with Crippen LogP contribution in [0.4, 0.5) is 0 Å². The topological polar surface area (TPSA) is 41.3 Å². The van der Waals surface area contributed by atoms with Crippen LogP contribution in [0.15, 0.2) is 30.3 Å². The Labute approximate surface area is 83.5 Å². The maximum Gasteiger partial charge on any atom is 0.183 e. The third-order valence-electron chi connectivity index (χ3n) is 1.67. The van der Waals surface area contributed by atoms with Crippen molar-refractivity contribution in [2.75, 3.05) is 7.05 Å². The molecule has 1 rings (SSSR count). The zero-order chi connectivity index (χ0) is 9.68. The van der Waals surface area contributed by atoms with Gasteiger partial charge in [0, 0.05) is 7.05 Å². The molecule has 0 radical (unpaired) electrons. The van der Waals surface area contributed by atoms with Crippen LogP contribution in [0, 0.1) is 0 Å². The summed E-state index contributed by atoms with van der Waals surface area (Å²) in [5, 5.41) is 4.87. The Morgan fingerprint density at radius 3 is 2.62 bits per heavy atom. The molecular weight excluding hydrogens is 182 g/mol. The normalized spacial score (nSPS) is 9.38. The van der Waals surface area contributed by atoms with Crippen LogP contribution in [-0.2, 0) is 6.54 Å². The summed E-state index contributed by atoms with van der Waals surface area (Å²) in [5.74, 6) is 5.69. The summed E-state index contributed by atoms with van der Waals surface area (Å²) in [7, 11) is 1.76. The van der Waals surface area contributed by atoms with Gasteiger partial charge in [0.15, 0.2) is 5.11 Å². The second kappa shape index (κ2) is 4.79. The van der Waals surface area contributed by atoms with Gasteiger partial charge >= 0.3 is 0 Å². The van der Waals surface area contributed by atoms with Gasteiger partial charge in [-0.1, -0.05) is 30.3 Å². The molecule has 3 N–H and O–H groups in total. The molecule has 0 amide bonds. The van der Waals surface area contributed by atoms with E-state index in [0.29, 0.717) is 11.7 Å². The molecule has 0 aromatic heterocycles. The highest BCUT2D eigenvalue weighted by molar-refractivity contribution is 7.80. The molecule has 13 heavy (non-hydrogen) atoms. The van der Waals surface area contributed by atoms with Crippen LogP contribution in [0.25, 0.3) is 0 Å². The van der Waals surface area contributed by atoms with E-state index >= 15 is 0 Å². The molecule has 3 nitrogen and oxygen atoms in total. The molecule has 0 aliphatic heterocycles. The zero-order valence-corrected chi connectivity index (χ0v) is 8.34. The minimum atomic E-state index is 0.545. The summed E-state index contributed by atoms with van der Waals surface area (Å²) in [6.07, 6.45) is 0. The zero-order valence-electron chi connectivity index (χ0n) is 7.53. The van der Waals surface area contributed by atoms with Crippen LogP contribution in [0.1, 0.15) is 5.56 Å². The van der Waals surface area contributed by atoms with Crippen LogP contribution < -0.4 is 11.2 Å². The molecule has 0 saturated carbocycles. The molecule has 0 fully saturated rings. The van der Waals surface area contributed by atoms with Crippen molar-refractivity contribution in [1.29, 1.82) is 0 Å². The van der Waals surface area contributed by atoms with Gasteiger partial charge in [0.2, 0.25) is 0 Å². The van der Waals surface area contributed by atoms with E-state index < -0.39 is 0 Å². The van der Waals surface area contributed by atoms with Gasteiger partial charge in [-0.15, -0.1) is 0 Å². The molecule has 1 aromatic rings. The van der Waals surface area contributed by atoms with Gasteiger partial charge in [0.25, 0.3) is 0 Å². The average molecular weight is 195 g/mol. The van der Waals surface area contributed by atoms with Crippen molar-refractivity contribution in [2.24, 2.45) is 5.84 Å². The predicted octanol–water partition coefficient (Wildman–Crippen LogP) is 0.867. The molecule has 0 unspecified atom stereocenters. The second-order valence-corrected chi connectivity index (χ2v) is 3.06. The van der Waals surface area contributed by atoms with Crippen LogP contribution in [0.3, 0.4) is 0 Å². The van der Waals surface area contributed by atoms with E-state index in [1.807, 2.05) is 30.3 Å². The third-order valence-corrected chi connectivity index (χ3v) is 2.11. The first-order valence-corrected chi connectivity index (χ1v) is 4.42. The fourth-order valence-electron chi connectivity index (χ4n) is 0.996. The largest absolute Gasteiger partial charge is 0.365 e. The lowest BCUT2D eigenvalue weighted by Gasteiger charge is -2.18. The third kappa shape index (κ3) is 3.01. The highest BCUT2D eigenvalue weighted by atomic mass is 32.1. The van der Waals surface area contributed by atoms with Crippen molar-refractivity contribution in [1.82, 2.24) is 10.3 Å². The Bertz CT molecular complexity index is 273. The van der Waals surface area contributed by atoms with E-state index in [1.165, 1.54) is 5.01 Å². The molecule has 0 spiro atoms. The lowest BCUT2D eigenvalue weighted by atomic mass is 10.2. The first-order chi connectivity index (χ1) is 6.24. The lowest BCUT2D eigenvalue weighted by Crippen LogP contribution is -2.42. The number of rotatable bonds is 2. The number of nitrogens with one attached hydrogen (secondary N) is 1. The number of nitrogens with two attached hydrogens (primary N) is 1. The molecule has 4 heteroatoms. The minimum Gasteiger partial charge on any atom is -0.365 e. The standard InChI is InChI=1S/C9H13N3S/c1-11-9(13)12(10)7-8-5-3-2-4-6-8/h2-6H,7,10H2,1H3,(H,11,13). The first kappa shape index (κ1) is 9.95. The number of hydrazine groups is 1. The van der Waals surface area contributed by atoms with E-state index in [2.05, 4.69) is 5.32 Å². The van der Waals surface area contributed by atoms with Crippen LogP contribution in [0.2, 0.25) is 0 Å². The van der Waals surface area contributed by atoms with E-state index in [0.717, 1.165) is 5.56 Å². The van der Waals surface area contributed by atoms with E-state index in [4.69, 9.17) is 18.1 Å². The average Bonchev–Trinajstić information content (AvgIpc) is 2.18. The SMILES string of the molecule is CNC(=S)N(N)Cc1ccccc1. The van der Waals surface area contributed by atoms with Crippen LogP contribution >= 0.6 is 12.2 Å². The Kier molecular flexibility index (Phi) is 3.67. The summed E-state index contributed by atoms with van der Waals surface area (Å²) in [6.45, 7) is 0.626. The van der Waals surface area contributed by atoms with Crippen molar-refractivity contribution < 1.29 is 0 Å². The smallest absolute Gasteiger partial charge is 0.183 e. The van der Waals surface area contributed by atoms with Gasteiger partial charge in [0.1, 0.15) is 0 Å². The van der Waals surface area contributed by atoms with Gasteiger partial charge in [-0.3, -0.25) is 5.01 Å². The molecule has 1 aromatic carbocycles. The molecule has 0 atom stereocenters. The molecular formula is C9H13N3S. The van der Waals surface area contributed by atoms with Crippen molar-refractivity contribution in [3.05, 3.63) is 35.9 Å². The summed E-state index contributed by atoms with van der Waals surface area (Å²) in [5.41, 5.74) is 1.14. The maximum absolute atomic E-state index is 5.69. The monoisotopic (exact) mass is 195 g/mol. The number of hydrogen-bond donors (Lipinski definition) is 2.